The van der Waals surface area contributed by atoms with Crippen LogP contribution in [0.25, 0.3) is 0 Å². The zero-order chi connectivity index (χ0) is 9.56. The molecule has 7 heteroatoms. The van der Waals surface area contributed by atoms with Crippen molar-refractivity contribution in [3.8, 4) is 0 Å². The minimum atomic E-state index is -1.67. The lowest BCUT2D eigenvalue weighted by Crippen LogP contribution is -2.25. The van der Waals surface area contributed by atoms with Crippen LogP contribution in [0.1, 0.15) is 0 Å². The summed E-state index contributed by atoms with van der Waals surface area (Å²) in [5, 5.41) is 15.9. The standard InChI is InChI=1S/C5H7FO6/c6-1-3(12-5(9)10)2-11-4(7)8/h3H,1-2H2,(H,7,8)(H,9,10). The minimum Gasteiger partial charge on any atom is -0.450 e. The Balaban J connectivity index is 3.67. The summed E-state index contributed by atoms with van der Waals surface area (Å²) in [5.74, 6) is 0. The minimum absolute atomic E-state index is 0.641. The first-order chi connectivity index (χ1) is 5.56. The second-order valence-corrected chi connectivity index (χ2v) is 1.74. The second-order valence-electron chi connectivity index (χ2n) is 1.74. The van der Waals surface area contributed by atoms with Gasteiger partial charge in [0.05, 0.1) is 0 Å². The van der Waals surface area contributed by atoms with Crippen molar-refractivity contribution in [3.63, 3.8) is 0 Å². The van der Waals surface area contributed by atoms with Gasteiger partial charge in [-0.2, -0.15) is 0 Å². The van der Waals surface area contributed by atoms with Crippen molar-refractivity contribution >= 4 is 12.3 Å². The molecule has 0 spiro atoms. The Morgan fingerprint density at radius 1 is 1.33 bits per heavy atom. The van der Waals surface area contributed by atoms with Gasteiger partial charge in [-0.1, -0.05) is 0 Å². The summed E-state index contributed by atoms with van der Waals surface area (Å²) in [6.45, 7) is -1.77. The van der Waals surface area contributed by atoms with Crippen LogP contribution in [0, 0.1) is 0 Å². The van der Waals surface area contributed by atoms with E-state index in [9.17, 15) is 14.0 Å². The van der Waals surface area contributed by atoms with Crippen molar-refractivity contribution < 1.29 is 33.7 Å². The van der Waals surface area contributed by atoms with Crippen LogP contribution in [-0.4, -0.2) is 41.9 Å². The number of ether oxygens (including phenoxy) is 2. The van der Waals surface area contributed by atoms with Crippen molar-refractivity contribution in [2.75, 3.05) is 13.3 Å². The molecule has 0 aromatic rings. The van der Waals surface area contributed by atoms with E-state index in [0.29, 0.717) is 0 Å². The summed E-state index contributed by atoms with van der Waals surface area (Å²) in [4.78, 5) is 19.6. The van der Waals surface area contributed by atoms with Crippen LogP contribution in [0.15, 0.2) is 0 Å². The van der Waals surface area contributed by atoms with E-state index in [2.05, 4.69) is 9.47 Å². The van der Waals surface area contributed by atoms with E-state index in [-0.39, 0.29) is 0 Å². The van der Waals surface area contributed by atoms with Gasteiger partial charge in [0.15, 0.2) is 6.10 Å². The number of hydrogen-bond acceptors (Lipinski definition) is 4. The quantitative estimate of drug-likeness (QED) is 0.622. The Morgan fingerprint density at radius 2 is 1.92 bits per heavy atom. The van der Waals surface area contributed by atoms with E-state index in [1.807, 2.05) is 0 Å². The molecule has 1 atom stereocenters. The van der Waals surface area contributed by atoms with Gasteiger partial charge in [-0.25, -0.2) is 14.0 Å². The van der Waals surface area contributed by atoms with Crippen LogP contribution >= 0.6 is 0 Å². The number of hydrogen-bond donors (Lipinski definition) is 2. The Hall–Kier alpha value is -1.53. The molecule has 0 aromatic heterocycles. The highest BCUT2D eigenvalue weighted by Gasteiger charge is 2.15. The molecule has 2 N–H and O–H groups in total. The third kappa shape index (κ3) is 5.27. The fraction of sp³-hybridized carbons (Fsp3) is 0.600. The number of alkyl halides is 1. The summed E-state index contributed by atoms with van der Waals surface area (Å²) in [6.07, 6.45) is -4.67. The molecule has 0 rings (SSSR count). The predicted molar refractivity (Wildman–Crippen MR) is 32.8 cm³/mol. The molecule has 0 fully saturated rings. The molecule has 0 bridgehead atoms. The van der Waals surface area contributed by atoms with Gasteiger partial charge < -0.3 is 19.7 Å². The monoisotopic (exact) mass is 182 g/mol. The number of carboxylic acid groups (broad SMARTS) is 2. The molecule has 6 nitrogen and oxygen atoms in total. The summed E-state index contributed by atoms with van der Waals surface area (Å²) in [7, 11) is 0. The van der Waals surface area contributed by atoms with Gasteiger partial charge in [0.25, 0.3) is 0 Å². The maximum absolute atomic E-state index is 11.8. The maximum atomic E-state index is 11.8. The zero-order valence-electron chi connectivity index (χ0n) is 5.90. The topological polar surface area (TPSA) is 93.1 Å². The predicted octanol–water partition coefficient (Wildman–Crippen LogP) is 0.714. The first-order valence-corrected chi connectivity index (χ1v) is 2.87. The van der Waals surface area contributed by atoms with E-state index in [0.717, 1.165) is 0 Å². The largest absolute Gasteiger partial charge is 0.506 e. The average Bonchev–Trinajstić information content (AvgIpc) is 1.97. The van der Waals surface area contributed by atoms with Crippen molar-refractivity contribution in [3.05, 3.63) is 0 Å². The third-order valence-electron chi connectivity index (χ3n) is 0.832. The van der Waals surface area contributed by atoms with Gasteiger partial charge >= 0.3 is 12.3 Å². The van der Waals surface area contributed by atoms with Gasteiger partial charge in [-0.3, -0.25) is 0 Å². The third-order valence-corrected chi connectivity index (χ3v) is 0.832. The van der Waals surface area contributed by atoms with E-state index in [1.54, 1.807) is 0 Å². The first kappa shape index (κ1) is 10.5. The molecular weight excluding hydrogens is 175 g/mol. The summed E-state index contributed by atoms with van der Waals surface area (Å²) in [6, 6.07) is 0. The first-order valence-electron chi connectivity index (χ1n) is 2.87. The molecule has 0 heterocycles. The molecule has 12 heavy (non-hydrogen) atoms. The van der Waals surface area contributed by atoms with Crippen LogP contribution in [-0.2, 0) is 9.47 Å². The molecule has 0 saturated heterocycles. The van der Waals surface area contributed by atoms with Gasteiger partial charge in [0.2, 0.25) is 0 Å². The van der Waals surface area contributed by atoms with E-state index >= 15 is 0 Å². The lowest BCUT2D eigenvalue weighted by Gasteiger charge is -2.10. The van der Waals surface area contributed by atoms with Crippen LogP contribution in [0.2, 0.25) is 0 Å². The smallest absolute Gasteiger partial charge is 0.450 e. The van der Waals surface area contributed by atoms with Gasteiger partial charge in [0.1, 0.15) is 13.3 Å². The van der Waals surface area contributed by atoms with Crippen molar-refractivity contribution in [2.24, 2.45) is 0 Å². The lowest BCUT2D eigenvalue weighted by molar-refractivity contribution is -0.00392. The molecule has 0 aromatic carbocycles. The van der Waals surface area contributed by atoms with Gasteiger partial charge in [0, 0.05) is 0 Å². The fourth-order valence-corrected chi connectivity index (χ4v) is 0.417. The Labute approximate surface area is 66.5 Å². The summed E-state index contributed by atoms with van der Waals surface area (Å²) < 4.78 is 19.6. The molecular formula is C5H7FO6. The molecule has 0 amide bonds. The zero-order valence-corrected chi connectivity index (χ0v) is 5.90. The Kier molecular flexibility index (Phi) is 4.51. The van der Waals surface area contributed by atoms with Crippen molar-refractivity contribution in [1.29, 1.82) is 0 Å². The fourth-order valence-electron chi connectivity index (χ4n) is 0.417. The molecule has 0 aliphatic rings. The summed E-state index contributed by atoms with van der Waals surface area (Å²) >= 11 is 0. The highest BCUT2D eigenvalue weighted by molar-refractivity contribution is 5.58. The SMILES string of the molecule is O=C(O)OCC(CF)OC(=O)O. The normalized spacial score (nSPS) is 11.8. The van der Waals surface area contributed by atoms with Crippen LogP contribution in [0.5, 0.6) is 0 Å². The van der Waals surface area contributed by atoms with E-state index in [4.69, 9.17) is 10.2 Å². The van der Waals surface area contributed by atoms with Crippen LogP contribution < -0.4 is 0 Å². The maximum Gasteiger partial charge on any atom is 0.506 e. The van der Waals surface area contributed by atoms with Gasteiger partial charge in [-0.05, 0) is 0 Å². The second kappa shape index (κ2) is 5.16. The molecule has 0 aliphatic carbocycles. The Morgan fingerprint density at radius 3 is 2.25 bits per heavy atom. The Bertz CT molecular complexity index is 169. The van der Waals surface area contributed by atoms with Crippen molar-refractivity contribution in [1.82, 2.24) is 0 Å². The van der Waals surface area contributed by atoms with E-state index < -0.39 is 31.7 Å². The average molecular weight is 182 g/mol. The molecule has 0 aliphatic heterocycles. The number of halogens is 1. The highest BCUT2D eigenvalue weighted by atomic mass is 19.1. The number of rotatable bonds is 4. The molecule has 70 valence electrons. The molecule has 1 unspecified atom stereocenters. The summed E-state index contributed by atoms with van der Waals surface area (Å²) in [5.41, 5.74) is 0. The van der Waals surface area contributed by atoms with Crippen LogP contribution in [0.4, 0.5) is 14.0 Å². The molecule has 0 saturated carbocycles. The van der Waals surface area contributed by atoms with Crippen molar-refractivity contribution in [2.45, 2.75) is 6.10 Å². The van der Waals surface area contributed by atoms with Gasteiger partial charge in [-0.15, -0.1) is 0 Å². The molecule has 0 radical (unpaired) electrons. The lowest BCUT2D eigenvalue weighted by atomic mass is 10.4. The highest BCUT2D eigenvalue weighted by Crippen LogP contribution is 1.95. The van der Waals surface area contributed by atoms with E-state index in [1.165, 1.54) is 0 Å². The van der Waals surface area contributed by atoms with Crippen LogP contribution in [0.3, 0.4) is 0 Å². The number of carbonyl (C=O) groups is 2.